The highest BCUT2D eigenvalue weighted by Gasteiger charge is 2.41. The highest BCUT2D eigenvalue weighted by atomic mass is 16.7. The monoisotopic (exact) mass is 260 g/mol. The number of carbonyl (C=O) groups is 3. The van der Waals surface area contributed by atoms with Crippen molar-refractivity contribution in [3.8, 4) is 0 Å². The van der Waals surface area contributed by atoms with Crippen molar-refractivity contribution in [2.45, 2.75) is 27.2 Å². The summed E-state index contributed by atoms with van der Waals surface area (Å²) in [5.74, 6) is -1.07. The third-order valence-corrected chi connectivity index (χ3v) is 2.68. The van der Waals surface area contributed by atoms with E-state index in [2.05, 4.69) is 0 Å². The largest absolute Gasteiger partial charge is 0.438 e. The van der Waals surface area contributed by atoms with Gasteiger partial charge in [-0.25, -0.2) is 0 Å². The molecule has 0 N–H and O–H groups in total. The summed E-state index contributed by atoms with van der Waals surface area (Å²) >= 11 is 0. The minimum atomic E-state index is -1.33. The molecule has 0 spiro atoms. The Kier molecular flexibility index (Phi) is 7.38. The predicted octanol–water partition coefficient (Wildman–Crippen LogP) is 0.724. The Balaban J connectivity index is 4.46. The Hall–Kier alpha value is -1.27. The highest BCUT2D eigenvalue weighted by Crippen LogP contribution is 2.21. The summed E-state index contributed by atoms with van der Waals surface area (Å²) in [5.41, 5.74) is -1.33. The molecule has 0 saturated heterocycles. The molecule has 0 heterocycles. The molecule has 0 aliphatic rings. The topological polar surface area (TPSA) is 78.9 Å². The predicted molar refractivity (Wildman–Crippen MR) is 62.9 cm³/mol. The van der Waals surface area contributed by atoms with Crippen LogP contribution in [0.15, 0.2) is 0 Å². The number of carbonyl (C=O) groups excluding carboxylic acids is 3. The summed E-state index contributed by atoms with van der Waals surface area (Å²) in [6.45, 7) is 3.77. The molecular weight excluding hydrogens is 240 g/mol. The van der Waals surface area contributed by atoms with Gasteiger partial charge in [-0.15, -0.1) is 0 Å². The number of hydrogen-bond donors (Lipinski definition) is 0. The Bertz CT molecular complexity index is 296. The van der Waals surface area contributed by atoms with Crippen molar-refractivity contribution in [1.82, 2.24) is 0 Å². The smallest absolute Gasteiger partial charge is 0.307 e. The second kappa shape index (κ2) is 7.94. The lowest BCUT2D eigenvalue weighted by Crippen LogP contribution is -2.45. The number of rotatable bonds is 9. The molecule has 0 bridgehead atoms. The van der Waals surface area contributed by atoms with Crippen molar-refractivity contribution in [2.24, 2.45) is 5.41 Å². The summed E-state index contributed by atoms with van der Waals surface area (Å²) in [6.07, 6.45) is 0.242. The first kappa shape index (κ1) is 16.7. The third kappa shape index (κ3) is 4.54. The van der Waals surface area contributed by atoms with Gasteiger partial charge >= 0.3 is 5.97 Å². The van der Waals surface area contributed by atoms with E-state index >= 15 is 0 Å². The Labute approximate surface area is 107 Å². The molecule has 0 amide bonds. The number of esters is 1. The van der Waals surface area contributed by atoms with E-state index in [4.69, 9.17) is 14.2 Å². The lowest BCUT2D eigenvalue weighted by atomic mass is 9.82. The molecule has 0 aromatic rings. The van der Waals surface area contributed by atoms with Crippen molar-refractivity contribution in [2.75, 3.05) is 27.1 Å². The summed E-state index contributed by atoms with van der Waals surface area (Å²) in [7, 11) is 1.40. The molecule has 6 nitrogen and oxygen atoms in total. The van der Waals surface area contributed by atoms with Crippen LogP contribution in [0.3, 0.4) is 0 Å². The fourth-order valence-electron chi connectivity index (χ4n) is 1.37. The zero-order chi connectivity index (χ0) is 14.2. The summed E-state index contributed by atoms with van der Waals surface area (Å²) in [6, 6.07) is 0. The van der Waals surface area contributed by atoms with Crippen LogP contribution in [-0.2, 0) is 28.6 Å². The minimum Gasteiger partial charge on any atom is -0.438 e. The lowest BCUT2D eigenvalue weighted by molar-refractivity contribution is -0.163. The van der Waals surface area contributed by atoms with Crippen LogP contribution in [0.25, 0.3) is 0 Å². The second-order valence-corrected chi connectivity index (χ2v) is 3.96. The maximum atomic E-state index is 11.6. The number of Topliss-reactive ketones (excluding diaryl/α,β-unsaturated/α-hetero) is 2. The lowest BCUT2D eigenvalue weighted by Gasteiger charge is -2.27. The van der Waals surface area contributed by atoms with E-state index in [0.717, 1.165) is 0 Å². The first-order chi connectivity index (χ1) is 8.40. The van der Waals surface area contributed by atoms with Crippen molar-refractivity contribution >= 4 is 17.5 Å². The van der Waals surface area contributed by atoms with E-state index in [-0.39, 0.29) is 38.0 Å². The van der Waals surface area contributed by atoms with Crippen LogP contribution < -0.4 is 0 Å². The molecule has 0 unspecified atom stereocenters. The number of hydrogen-bond acceptors (Lipinski definition) is 6. The number of methoxy groups -OCH3 is 1. The van der Waals surface area contributed by atoms with Crippen molar-refractivity contribution in [3.05, 3.63) is 0 Å². The number of ether oxygens (including phenoxy) is 3. The van der Waals surface area contributed by atoms with Crippen LogP contribution in [0, 0.1) is 5.41 Å². The van der Waals surface area contributed by atoms with E-state index in [0.29, 0.717) is 0 Å². The molecule has 0 aliphatic carbocycles. The van der Waals surface area contributed by atoms with Crippen LogP contribution in [0.4, 0.5) is 0 Å². The van der Waals surface area contributed by atoms with Gasteiger partial charge in [-0.3, -0.25) is 14.4 Å². The van der Waals surface area contributed by atoms with Gasteiger partial charge in [0.15, 0.2) is 6.79 Å². The van der Waals surface area contributed by atoms with E-state index < -0.39 is 11.4 Å². The van der Waals surface area contributed by atoms with Crippen LogP contribution in [0.5, 0.6) is 0 Å². The van der Waals surface area contributed by atoms with Crippen molar-refractivity contribution in [1.29, 1.82) is 0 Å². The van der Waals surface area contributed by atoms with Gasteiger partial charge in [0.1, 0.15) is 17.0 Å². The third-order valence-electron chi connectivity index (χ3n) is 2.68. The SMILES string of the molecule is CCC(=O)OCOCC(COC)(C(C)=O)C(C)=O. The van der Waals surface area contributed by atoms with E-state index in [1.165, 1.54) is 21.0 Å². The first-order valence-corrected chi connectivity index (χ1v) is 5.65. The van der Waals surface area contributed by atoms with Gasteiger partial charge in [-0.2, -0.15) is 0 Å². The first-order valence-electron chi connectivity index (χ1n) is 5.65. The van der Waals surface area contributed by atoms with Crippen molar-refractivity contribution in [3.63, 3.8) is 0 Å². The van der Waals surface area contributed by atoms with Gasteiger partial charge in [0.25, 0.3) is 0 Å². The van der Waals surface area contributed by atoms with Crippen LogP contribution >= 0.6 is 0 Å². The summed E-state index contributed by atoms with van der Waals surface area (Å²) in [4.78, 5) is 34.1. The van der Waals surface area contributed by atoms with Gasteiger partial charge in [0.05, 0.1) is 13.2 Å². The molecule has 18 heavy (non-hydrogen) atoms. The molecule has 0 aromatic carbocycles. The van der Waals surface area contributed by atoms with Crippen molar-refractivity contribution < 1.29 is 28.6 Å². The molecule has 0 rings (SSSR count). The number of ketones is 2. The van der Waals surface area contributed by atoms with Gasteiger partial charge in [-0.05, 0) is 13.8 Å². The average Bonchev–Trinajstić information content (AvgIpc) is 2.31. The summed E-state index contributed by atoms with van der Waals surface area (Å²) < 4.78 is 14.7. The van der Waals surface area contributed by atoms with E-state index in [1.54, 1.807) is 6.92 Å². The molecule has 0 fully saturated rings. The van der Waals surface area contributed by atoms with Gasteiger partial charge in [0.2, 0.25) is 0 Å². The standard InChI is InChI=1S/C12H20O6/c1-5-11(15)18-8-17-7-12(6-16-4,9(2)13)10(3)14/h5-8H2,1-4H3. The maximum Gasteiger partial charge on any atom is 0.307 e. The zero-order valence-electron chi connectivity index (χ0n) is 11.3. The molecular formula is C12H20O6. The fraction of sp³-hybridized carbons (Fsp3) is 0.750. The molecule has 0 aliphatic heterocycles. The normalized spacial score (nSPS) is 11.1. The molecule has 0 atom stereocenters. The van der Waals surface area contributed by atoms with Gasteiger partial charge < -0.3 is 14.2 Å². The van der Waals surface area contributed by atoms with Gasteiger partial charge in [0, 0.05) is 13.5 Å². The highest BCUT2D eigenvalue weighted by molar-refractivity contribution is 6.05. The van der Waals surface area contributed by atoms with Crippen LogP contribution in [-0.4, -0.2) is 44.7 Å². The molecule has 6 heteroatoms. The average molecular weight is 260 g/mol. The fourth-order valence-corrected chi connectivity index (χ4v) is 1.37. The summed E-state index contributed by atoms with van der Waals surface area (Å²) in [5, 5.41) is 0. The maximum absolute atomic E-state index is 11.6. The Morgan fingerprint density at radius 2 is 1.61 bits per heavy atom. The zero-order valence-corrected chi connectivity index (χ0v) is 11.3. The minimum absolute atomic E-state index is 0.0562. The van der Waals surface area contributed by atoms with Crippen LogP contribution in [0.1, 0.15) is 27.2 Å². The molecule has 104 valence electrons. The van der Waals surface area contributed by atoms with E-state index in [9.17, 15) is 14.4 Å². The Morgan fingerprint density at radius 1 is 1.06 bits per heavy atom. The quantitative estimate of drug-likeness (QED) is 0.263. The van der Waals surface area contributed by atoms with Gasteiger partial charge in [-0.1, -0.05) is 6.92 Å². The second-order valence-electron chi connectivity index (χ2n) is 3.96. The van der Waals surface area contributed by atoms with Crippen LogP contribution in [0.2, 0.25) is 0 Å². The Morgan fingerprint density at radius 3 is 2.00 bits per heavy atom. The molecule has 0 aromatic heterocycles. The molecule has 0 saturated carbocycles. The molecule has 0 radical (unpaired) electrons. The van der Waals surface area contributed by atoms with E-state index in [1.807, 2.05) is 0 Å².